The van der Waals surface area contributed by atoms with Crippen molar-refractivity contribution in [3.05, 3.63) is 40.6 Å². The van der Waals surface area contributed by atoms with Gasteiger partial charge in [-0.05, 0) is 18.4 Å². The molecule has 2 atom stereocenters. The van der Waals surface area contributed by atoms with Crippen LogP contribution in [0.3, 0.4) is 0 Å². The second kappa shape index (κ2) is 6.77. The maximum absolute atomic E-state index is 12.7. The Morgan fingerprint density at radius 3 is 2.78 bits per heavy atom. The molecule has 0 saturated carbocycles. The van der Waals surface area contributed by atoms with E-state index in [1.54, 1.807) is 31.1 Å². The van der Waals surface area contributed by atoms with E-state index in [9.17, 15) is 9.59 Å². The Labute approximate surface area is 157 Å². The zero-order valence-corrected chi connectivity index (χ0v) is 15.6. The summed E-state index contributed by atoms with van der Waals surface area (Å²) in [6, 6.07) is 5.35. The quantitative estimate of drug-likeness (QED) is 0.842. The molecule has 0 aromatic carbocycles. The van der Waals surface area contributed by atoms with Gasteiger partial charge >= 0.3 is 0 Å². The Balaban J connectivity index is 1.66. The number of likely N-dealkylation sites (tertiary alicyclic amines) is 1. The lowest BCUT2D eigenvalue weighted by Crippen LogP contribution is -2.49. The molecular formula is C19H24N6O2. The Hall–Kier alpha value is -2.74. The van der Waals surface area contributed by atoms with Gasteiger partial charge in [-0.2, -0.15) is 0 Å². The van der Waals surface area contributed by atoms with Crippen LogP contribution in [0.25, 0.3) is 11.3 Å². The summed E-state index contributed by atoms with van der Waals surface area (Å²) >= 11 is 0. The van der Waals surface area contributed by atoms with E-state index >= 15 is 0 Å². The summed E-state index contributed by atoms with van der Waals surface area (Å²) < 4.78 is 1.89. The summed E-state index contributed by atoms with van der Waals surface area (Å²) in [6.45, 7) is 2.76. The first-order valence-corrected chi connectivity index (χ1v) is 9.16. The molecule has 0 aliphatic carbocycles. The molecule has 1 saturated heterocycles. The fourth-order valence-corrected chi connectivity index (χ4v) is 4.20. The summed E-state index contributed by atoms with van der Waals surface area (Å²) in [6.07, 6.45) is 2.45. The molecule has 0 spiro atoms. The van der Waals surface area contributed by atoms with Crippen molar-refractivity contribution in [3.63, 3.8) is 0 Å². The van der Waals surface area contributed by atoms with Gasteiger partial charge in [0.15, 0.2) is 0 Å². The van der Waals surface area contributed by atoms with Crippen LogP contribution >= 0.6 is 0 Å². The third kappa shape index (κ3) is 3.44. The van der Waals surface area contributed by atoms with E-state index in [4.69, 9.17) is 5.73 Å². The van der Waals surface area contributed by atoms with Gasteiger partial charge in [0.1, 0.15) is 12.1 Å². The average Bonchev–Trinajstić information content (AvgIpc) is 2.62. The zero-order valence-electron chi connectivity index (χ0n) is 15.6. The van der Waals surface area contributed by atoms with E-state index in [2.05, 4.69) is 14.9 Å². The van der Waals surface area contributed by atoms with Gasteiger partial charge in [-0.1, -0.05) is 0 Å². The number of carbonyl (C=O) groups is 1. The predicted octanol–water partition coefficient (Wildman–Crippen LogP) is 0.395. The summed E-state index contributed by atoms with van der Waals surface area (Å²) in [7, 11) is 3.56. The molecule has 2 aliphatic heterocycles. The topological polar surface area (TPSA) is 97.4 Å². The molecule has 0 radical (unpaired) electrons. The van der Waals surface area contributed by atoms with E-state index in [1.165, 1.54) is 6.33 Å². The van der Waals surface area contributed by atoms with Crippen LogP contribution in [0, 0.1) is 5.92 Å². The van der Waals surface area contributed by atoms with Crippen molar-refractivity contribution in [2.75, 3.05) is 39.5 Å². The van der Waals surface area contributed by atoms with E-state index in [0.717, 1.165) is 30.8 Å². The van der Waals surface area contributed by atoms with Crippen molar-refractivity contribution < 1.29 is 4.79 Å². The smallest absolute Gasteiger partial charge is 0.251 e. The fourth-order valence-electron chi connectivity index (χ4n) is 4.20. The number of amides is 1. The van der Waals surface area contributed by atoms with Gasteiger partial charge in [0.25, 0.3) is 5.56 Å². The number of nitrogens with two attached hydrogens (primary N) is 1. The lowest BCUT2D eigenvalue weighted by Gasteiger charge is -2.42. The van der Waals surface area contributed by atoms with Crippen molar-refractivity contribution in [1.82, 2.24) is 24.3 Å². The van der Waals surface area contributed by atoms with Crippen molar-refractivity contribution in [2.45, 2.75) is 18.9 Å². The van der Waals surface area contributed by atoms with Gasteiger partial charge < -0.3 is 15.2 Å². The van der Waals surface area contributed by atoms with Crippen LogP contribution in [0.15, 0.2) is 29.3 Å². The van der Waals surface area contributed by atoms with Crippen LogP contribution in [0.2, 0.25) is 0 Å². The highest BCUT2D eigenvalue weighted by atomic mass is 16.2. The Morgan fingerprint density at radius 2 is 2.04 bits per heavy atom. The molecule has 27 heavy (non-hydrogen) atoms. The van der Waals surface area contributed by atoms with Crippen molar-refractivity contribution >= 4 is 11.7 Å². The normalized spacial score (nSPS) is 21.6. The van der Waals surface area contributed by atoms with Crippen LogP contribution in [-0.4, -0.2) is 64.0 Å². The highest BCUT2D eigenvalue weighted by molar-refractivity contribution is 5.77. The molecule has 142 valence electrons. The monoisotopic (exact) mass is 368 g/mol. The van der Waals surface area contributed by atoms with Crippen LogP contribution in [0.4, 0.5) is 5.82 Å². The molecule has 8 heteroatoms. The number of pyridine rings is 1. The Bertz CT molecular complexity index is 938. The van der Waals surface area contributed by atoms with Gasteiger partial charge in [0, 0.05) is 63.0 Å². The summed E-state index contributed by atoms with van der Waals surface area (Å²) in [4.78, 5) is 36.9. The number of hydrogen-bond acceptors (Lipinski definition) is 6. The van der Waals surface area contributed by atoms with E-state index < -0.39 is 0 Å². The Kier molecular flexibility index (Phi) is 4.43. The third-order valence-corrected chi connectivity index (χ3v) is 5.47. The first kappa shape index (κ1) is 17.7. The SMILES string of the molecule is CN(C)C(=O)CN1C[C@@H]2C[C@H](C1)c1cc(-c3cc(N)ncn3)cc(=O)n1C2. The second-order valence-electron chi connectivity index (χ2n) is 7.73. The number of nitrogens with zero attached hydrogens (tertiary/aromatic N) is 5. The third-order valence-electron chi connectivity index (χ3n) is 5.47. The molecule has 2 aliphatic rings. The van der Waals surface area contributed by atoms with Gasteiger partial charge in [-0.15, -0.1) is 0 Å². The lowest BCUT2D eigenvalue weighted by molar-refractivity contribution is -0.130. The minimum absolute atomic E-state index is 0.00722. The minimum atomic E-state index is -0.00722. The number of likely N-dealkylation sites (N-methyl/N-ethyl adjacent to an activating group) is 1. The molecule has 4 heterocycles. The standard InChI is InChI=1S/C19H24N6O2/c1-23(2)19(27)10-24-7-12-3-14(9-24)16-4-13(5-18(26)25(16)8-12)15-6-17(20)22-11-21-15/h4-6,11-12,14H,3,7-10H2,1-2H3,(H2,20,21,22)/t12-,14+/m0/s1. The zero-order chi connectivity index (χ0) is 19.1. The number of carbonyl (C=O) groups excluding carboxylic acids is 1. The lowest BCUT2D eigenvalue weighted by atomic mass is 9.82. The van der Waals surface area contributed by atoms with Crippen molar-refractivity contribution in [3.8, 4) is 11.3 Å². The number of piperidine rings is 1. The van der Waals surface area contributed by atoms with E-state index in [0.29, 0.717) is 30.5 Å². The van der Waals surface area contributed by atoms with Gasteiger partial charge in [0.2, 0.25) is 5.91 Å². The van der Waals surface area contributed by atoms with Crippen LogP contribution < -0.4 is 11.3 Å². The molecule has 4 rings (SSSR count). The molecule has 0 unspecified atom stereocenters. The molecular weight excluding hydrogens is 344 g/mol. The molecule has 1 fully saturated rings. The van der Waals surface area contributed by atoms with Crippen LogP contribution in [0.1, 0.15) is 18.0 Å². The van der Waals surface area contributed by atoms with Crippen LogP contribution in [0.5, 0.6) is 0 Å². The van der Waals surface area contributed by atoms with E-state index in [1.807, 2.05) is 10.6 Å². The molecule has 8 nitrogen and oxygen atoms in total. The first-order chi connectivity index (χ1) is 12.9. The van der Waals surface area contributed by atoms with Crippen molar-refractivity contribution in [2.24, 2.45) is 5.92 Å². The number of nitrogen functional groups attached to an aromatic ring is 1. The molecule has 2 aromatic rings. The number of fused-ring (bicyclic) bond motifs is 4. The van der Waals surface area contributed by atoms with Crippen LogP contribution in [-0.2, 0) is 11.3 Å². The maximum Gasteiger partial charge on any atom is 0.251 e. The van der Waals surface area contributed by atoms with Gasteiger partial charge in [0.05, 0.1) is 12.2 Å². The Morgan fingerprint density at radius 1 is 1.22 bits per heavy atom. The fraction of sp³-hybridized carbons (Fsp3) is 0.474. The molecule has 2 N–H and O–H groups in total. The maximum atomic E-state index is 12.7. The highest BCUT2D eigenvalue weighted by Crippen LogP contribution is 2.36. The van der Waals surface area contributed by atoms with E-state index in [-0.39, 0.29) is 17.4 Å². The summed E-state index contributed by atoms with van der Waals surface area (Å²) in [5, 5.41) is 0. The second-order valence-corrected chi connectivity index (χ2v) is 7.73. The predicted molar refractivity (Wildman–Crippen MR) is 102 cm³/mol. The van der Waals surface area contributed by atoms with Gasteiger partial charge in [-0.25, -0.2) is 9.97 Å². The average molecular weight is 368 g/mol. The molecule has 2 bridgehead atoms. The number of aromatic nitrogens is 3. The summed E-state index contributed by atoms with van der Waals surface area (Å²) in [5.41, 5.74) is 8.20. The number of rotatable bonds is 3. The molecule has 1 amide bonds. The first-order valence-electron chi connectivity index (χ1n) is 9.16. The largest absolute Gasteiger partial charge is 0.384 e. The summed E-state index contributed by atoms with van der Waals surface area (Å²) in [5.74, 6) is 1.12. The highest BCUT2D eigenvalue weighted by Gasteiger charge is 2.35. The number of anilines is 1. The minimum Gasteiger partial charge on any atom is -0.384 e. The van der Waals surface area contributed by atoms with Gasteiger partial charge in [-0.3, -0.25) is 14.5 Å². The number of hydrogen-bond donors (Lipinski definition) is 1. The molecule has 2 aromatic heterocycles. The van der Waals surface area contributed by atoms with Crippen molar-refractivity contribution in [1.29, 1.82) is 0 Å².